The summed E-state index contributed by atoms with van der Waals surface area (Å²) in [5.74, 6) is -0.135. The summed E-state index contributed by atoms with van der Waals surface area (Å²) in [6.07, 6.45) is 0.655. The molecule has 0 N–H and O–H groups in total. The number of hydrogen-bond donors (Lipinski definition) is 0. The van der Waals surface area contributed by atoms with E-state index in [1.807, 2.05) is 27.7 Å². The zero-order valence-corrected chi connectivity index (χ0v) is 20.5. The SMILES string of the molecule is CCO[Si](OCC)C(C)(CC)C(=O)O[Si](CC)(C(C)(C)C)C(C)(C)C. The summed E-state index contributed by atoms with van der Waals surface area (Å²) in [7, 11) is -4.15. The standard InChI is InChI=1S/C19H41O4Si2/c1-12-19(11,24(21-13-2)22-14-3)16(20)23-25(15-4,17(5,6)7)18(8,9)10/h12-15H2,1-11H3. The van der Waals surface area contributed by atoms with Gasteiger partial charge in [-0.15, -0.1) is 0 Å². The Balaban J connectivity index is 5.94. The van der Waals surface area contributed by atoms with Gasteiger partial charge in [0.1, 0.15) is 5.04 Å². The van der Waals surface area contributed by atoms with E-state index in [2.05, 4.69) is 48.5 Å². The fourth-order valence-electron chi connectivity index (χ4n) is 3.83. The molecule has 1 atom stereocenters. The first kappa shape index (κ1) is 24.8. The van der Waals surface area contributed by atoms with Crippen LogP contribution in [0.3, 0.4) is 0 Å². The van der Waals surface area contributed by atoms with Gasteiger partial charge in [-0.3, -0.25) is 4.79 Å². The highest BCUT2D eigenvalue weighted by Crippen LogP contribution is 2.55. The molecule has 0 aliphatic heterocycles. The Labute approximate surface area is 159 Å². The van der Waals surface area contributed by atoms with Crippen LogP contribution in [-0.2, 0) is 18.1 Å². The molecule has 0 bridgehead atoms. The molecular weight excluding hydrogens is 348 g/mol. The molecule has 0 aromatic carbocycles. The highest BCUT2D eigenvalue weighted by atomic mass is 28.4. The van der Waals surface area contributed by atoms with Gasteiger partial charge < -0.3 is 13.3 Å². The fourth-order valence-corrected chi connectivity index (χ4v) is 11.4. The minimum Gasteiger partial charge on any atom is -0.518 e. The summed E-state index contributed by atoms with van der Waals surface area (Å²) in [5, 5.41) is -0.802. The van der Waals surface area contributed by atoms with E-state index in [0.29, 0.717) is 19.6 Å². The molecule has 0 aromatic rings. The Hall–Kier alpha value is -0.176. The third kappa shape index (κ3) is 5.18. The van der Waals surface area contributed by atoms with Crippen molar-refractivity contribution >= 4 is 23.6 Å². The van der Waals surface area contributed by atoms with Gasteiger partial charge in [-0.2, -0.15) is 0 Å². The van der Waals surface area contributed by atoms with Crippen LogP contribution in [0.15, 0.2) is 0 Å². The van der Waals surface area contributed by atoms with Crippen molar-refractivity contribution in [2.24, 2.45) is 0 Å². The lowest BCUT2D eigenvalue weighted by molar-refractivity contribution is -0.140. The van der Waals surface area contributed by atoms with Gasteiger partial charge in [-0.05, 0) is 43.3 Å². The molecule has 149 valence electrons. The van der Waals surface area contributed by atoms with Gasteiger partial charge in [0.25, 0.3) is 14.3 Å². The smallest absolute Gasteiger partial charge is 0.402 e. The van der Waals surface area contributed by atoms with Crippen molar-refractivity contribution in [3.63, 3.8) is 0 Å². The maximum Gasteiger partial charge on any atom is 0.402 e. The molecule has 0 aliphatic rings. The molecule has 0 heterocycles. The van der Waals surface area contributed by atoms with Crippen LogP contribution >= 0.6 is 0 Å². The topological polar surface area (TPSA) is 44.8 Å². The monoisotopic (exact) mass is 389 g/mol. The van der Waals surface area contributed by atoms with Gasteiger partial charge in [-0.1, -0.05) is 55.4 Å². The Kier molecular flexibility index (Phi) is 9.09. The molecule has 4 nitrogen and oxygen atoms in total. The second kappa shape index (κ2) is 9.15. The first-order valence-corrected chi connectivity index (χ1v) is 13.1. The number of carbonyl (C=O) groups is 1. The van der Waals surface area contributed by atoms with Crippen LogP contribution in [0.4, 0.5) is 0 Å². The Bertz CT molecular complexity index is 406. The molecule has 6 heteroatoms. The molecule has 25 heavy (non-hydrogen) atoms. The van der Waals surface area contributed by atoms with Crippen molar-refractivity contribution in [2.75, 3.05) is 13.2 Å². The van der Waals surface area contributed by atoms with E-state index in [4.69, 9.17) is 13.3 Å². The summed E-state index contributed by atoms with van der Waals surface area (Å²) >= 11 is 0. The Morgan fingerprint density at radius 3 is 1.48 bits per heavy atom. The van der Waals surface area contributed by atoms with Crippen LogP contribution in [-0.4, -0.2) is 36.8 Å². The second-order valence-electron chi connectivity index (χ2n) is 8.91. The van der Waals surface area contributed by atoms with Gasteiger partial charge in [0.2, 0.25) is 0 Å². The van der Waals surface area contributed by atoms with Crippen LogP contribution in [0.5, 0.6) is 0 Å². The normalized spacial score (nSPS) is 16.0. The largest absolute Gasteiger partial charge is 0.518 e. The van der Waals surface area contributed by atoms with E-state index in [-0.39, 0.29) is 16.0 Å². The van der Waals surface area contributed by atoms with Crippen molar-refractivity contribution < 1.29 is 18.1 Å². The van der Waals surface area contributed by atoms with Gasteiger partial charge in [-0.25, -0.2) is 0 Å². The molecule has 0 rings (SSSR count). The Morgan fingerprint density at radius 1 is 0.840 bits per heavy atom. The zero-order valence-electron chi connectivity index (χ0n) is 18.5. The van der Waals surface area contributed by atoms with Crippen LogP contribution in [0.25, 0.3) is 0 Å². The first-order chi connectivity index (χ1) is 11.3. The lowest BCUT2D eigenvalue weighted by Crippen LogP contribution is -2.57. The Morgan fingerprint density at radius 2 is 1.24 bits per heavy atom. The maximum absolute atomic E-state index is 13.4. The molecule has 0 fully saturated rings. The molecule has 0 saturated carbocycles. The van der Waals surface area contributed by atoms with Crippen molar-refractivity contribution in [1.82, 2.24) is 0 Å². The predicted molar refractivity (Wildman–Crippen MR) is 109 cm³/mol. The van der Waals surface area contributed by atoms with E-state index in [0.717, 1.165) is 6.04 Å². The molecule has 0 aromatic heterocycles. The van der Waals surface area contributed by atoms with Gasteiger partial charge >= 0.3 is 9.28 Å². The van der Waals surface area contributed by atoms with Crippen molar-refractivity contribution in [1.29, 1.82) is 0 Å². The molecule has 1 unspecified atom stereocenters. The average Bonchev–Trinajstić information content (AvgIpc) is 2.48. The summed E-state index contributed by atoms with van der Waals surface area (Å²) in [6.45, 7) is 24.4. The fraction of sp³-hybridized carbons (Fsp3) is 0.947. The van der Waals surface area contributed by atoms with Gasteiger partial charge in [0.15, 0.2) is 0 Å². The zero-order chi connectivity index (χ0) is 20.1. The maximum atomic E-state index is 13.4. The number of hydrogen-bond acceptors (Lipinski definition) is 4. The molecule has 1 radical (unpaired) electrons. The summed E-state index contributed by atoms with van der Waals surface area (Å²) in [6, 6.07) is 0.900. The lowest BCUT2D eigenvalue weighted by Gasteiger charge is -2.50. The van der Waals surface area contributed by atoms with Crippen LogP contribution in [0.2, 0.25) is 21.2 Å². The average molecular weight is 390 g/mol. The predicted octanol–water partition coefficient (Wildman–Crippen LogP) is 5.83. The van der Waals surface area contributed by atoms with Crippen molar-refractivity contribution in [2.45, 2.75) is 104 Å². The minimum atomic E-state index is -2.40. The second-order valence-corrected chi connectivity index (χ2v) is 16.7. The highest BCUT2D eigenvalue weighted by Gasteiger charge is 2.59. The van der Waals surface area contributed by atoms with E-state index < -0.39 is 22.6 Å². The lowest BCUT2D eigenvalue weighted by atomic mass is 10.1. The van der Waals surface area contributed by atoms with Crippen LogP contribution < -0.4 is 0 Å². The molecule has 0 amide bonds. The number of rotatable bonds is 9. The first-order valence-electron chi connectivity index (χ1n) is 9.63. The van der Waals surface area contributed by atoms with E-state index in [1.54, 1.807) is 0 Å². The third-order valence-electron chi connectivity index (χ3n) is 5.35. The summed E-state index contributed by atoms with van der Waals surface area (Å²) in [5.41, 5.74) is 0. The molecule has 0 saturated heterocycles. The van der Waals surface area contributed by atoms with Crippen molar-refractivity contribution in [3.8, 4) is 0 Å². The molecule has 0 aliphatic carbocycles. The van der Waals surface area contributed by atoms with Crippen LogP contribution in [0.1, 0.15) is 82.6 Å². The molecular formula is C19H41O4Si2. The van der Waals surface area contributed by atoms with Gasteiger partial charge in [0.05, 0.1) is 0 Å². The van der Waals surface area contributed by atoms with E-state index in [9.17, 15) is 4.79 Å². The molecule has 0 spiro atoms. The van der Waals surface area contributed by atoms with E-state index in [1.165, 1.54) is 0 Å². The summed E-state index contributed by atoms with van der Waals surface area (Å²) in [4.78, 5) is 13.4. The third-order valence-corrected chi connectivity index (χ3v) is 14.3. The minimum absolute atomic E-state index is 0.0472. The summed E-state index contributed by atoms with van der Waals surface area (Å²) < 4.78 is 18.3. The van der Waals surface area contributed by atoms with Gasteiger partial charge in [0, 0.05) is 13.2 Å². The number of carbonyl (C=O) groups excluding carboxylic acids is 1. The highest BCUT2D eigenvalue weighted by molar-refractivity contribution is 6.81. The van der Waals surface area contributed by atoms with Crippen LogP contribution in [0, 0.1) is 0 Å². The van der Waals surface area contributed by atoms with E-state index >= 15 is 0 Å². The van der Waals surface area contributed by atoms with Crippen molar-refractivity contribution in [3.05, 3.63) is 0 Å². The quantitative estimate of drug-likeness (QED) is 0.466.